The van der Waals surface area contributed by atoms with Crippen LogP contribution in [0.1, 0.15) is 19.4 Å². The second-order valence-corrected chi connectivity index (χ2v) is 5.06. The molecule has 0 spiro atoms. The van der Waals surface area contributed by atoms with Gasteiger partial charge in [0.2, 0.25) is 0 Å². The highest BCUT2D eigenvalue weighted by molar-refractivity contribution is 9.10. The first-order chi connectivity index (χ1) is 9.97. The van der Waals surface area contributed by atoms with Crippen molar-refractivity contribution >= 4 is 33.9 Å². The molecule has 1 N–H and O–H groups in total. The third-order valence-corrected chi connectivity index (χ3v) is 3.57. The van der Waals surface area contributed by atoms with Crippen molar-refractivity contribution in [3.05, 3.63) is 34.3 Å². The number of rotatable bonds is 7. The van der Waals surface area contributed by atoms with Crippen molar-refractivity contribution < 1.29 is 19.4 Å². The standard InChI is InChI=1S/C15H18BrNO4/c1-3-17(4-2)14(18)10-21-12-6-7-13(16)11(9-12)5-8-15(19)20/h5-9H,3-4,10H2,1-2H3,(H,19,20)/b8-5+. The van der Waals surface area contributed by atoms with E-state index in [1.807, 2.05) is 13.8 Å². The van der Waals surface area contributed by atoms with Crippen LogP contribution in [0.15, 0.2) is 28.7 Å². The van der Waals surface area contributed by atoms with Gasteiger partial charge >= 0.3 is 5.97 Å². The van der Waals surface area contributed by atoms with Crippen LogP contribution in [0.5, 0.6) is 5.75 Å². The molecule has 0 atom stereocenters. The van der Waals surface area contributed by atoms with Crippen LogP contribution in [0.3, 0.4) is 0 Å². The van der Waals surface area contributed by atoms with Crippen molar-refractivity contribution in [1.82, 2.24) is 4.90 Å². The fraction of sp³-hybridized carbons (Fsp3) is 0.333. The third kappa shape index (κ3) is 5.59. The van der Waals surface area contributed by atoms with E-state index in [9.17, 15) is 9.59 Å². The van der Waals surface area contributed by atoms with Crippen LogP contribution in [-0.2, 0) is 9.59 Å². The summed E-state index contributed by atoms with van der Waals surface area (Å²) >= 11 is 3.33. The number of carboxylic acids is 1. The molecule has 114 valence electrons. The number of nitrogens with zero attached hydrogens (tertiary/aromatic N) is 1. The zero-order valence-corrected chi connectivity index (χ0v) is 13.6. The van der Waals surface area contributed by atoms with Gasteiger partial charge in [-0.3, -0.25) is 4.79 Å². The lowest BCUT2D eigenvalue weighted by Gasteiger charge is -2.18. The first kappa shape index (κ1) is 17.2. The zero-order valence-electron chi connectivity index (χ0n) is 12.0. The normalized spacial score (nSPS) is 10.6. The molecular formula is C15H18BrNO4. The van der Waals surface area contributed by atoms with Gasteiger partial charge in [0.25, 0.3) is 5.91 Å². The molecule has 0 aromatic heterocycles. The predicted molar refractivity (Wildman–Crippen MR) is 84.2 cm³/mol. The number of halogens is 1. The molecule has 6 heteroatoms. The highest BCUT2D eigenvalue weighted by atomic mass is 79.9. The molecule has 0 aliphatic rings. The largest absolute Gasteiger partial charge is 0.484 e. The lowest BCUT2D eigenvalue weighted by atomic mass is 10.2. The van der Waals surface area contributed by atoms with Crippen LogP contribution in [0, 0.1) is 0 Å². The molecule has 5 nitrogen and oxygen atoms in total. The number of hydrogen-bond acceptors (Lipinski definition) is 3. The topological polar surface area (TPSA) is 66.8 Å². The van der Waals surface area contributed by atoms with E-state index in [0.29, 0.717) is 24.4 Å². The molecule has 1 aromatic rings. The average Bonchev–Trinajstić information content (AvgIpc) is 2.46. The summed E-state index contributed by atoms with van der Waals surface area (Å²) < 4.78 is 6.21. The van der Waals surface area contributed by atoms with E-state index >= 15 is 0 Å². The summed E-state index contributed by atoms with van der Waals surface area (Å²) in [7, 11) is 0. The van der Waals surface area contributed by atoms with Crippen LogP contribution in [-0.4, -0.2) is 41.6 Å². The second-order valence-electron chi connectivity index (χ2n) is 4.21. The minimum atomic E-state index is -1.02. The number of benzene rings is 1. The summed E-state index contributed by atoms with van der Waals surface area (Å²) in [5.41, 5.74) is 0.671. The van der Waals surface area contributed by atoms with Gasteiger partial charge in [0, 0.05) is 23.6 Å². The molecule has 0 fully saturated rings. The Morgan fingerprint density at radius 1 is 1.33 bits per heavy atom. The number of carbonyl (C=O) groups is 2. The first-order valence-electron chi connectivity index (χ1n) is 6.59. The van der Waals surface area contributed by atoms with Gasteiger partial charge in [-0.1, -0.05) is 15.9 Å². The molecule has 1 aromatic carbocycles. The third-order valence-electron chi connectivity index (χ3n) is 2.85. The van der Waals surface area contributed by atoms with Gasteiger partial charge < -0.3 is 14.7 Å². The Balaban J connectivity index is 2.74. The molecule has 0 aliphatic carbocycles. The van der Waals surface area contributed by atoms with E-state index in [1.165, 1.54) is 6.08 Å². The summed E-state index contributed by atoms with van der Waals surface area (Å²) in [4.78, 5) is 24.1. The van der Waals surface area contributed by atoms with Gasteiger partial charge in [-0.25, -0.2) is 4.79 Å². The number of carboxylic acid groups (broad SMARTS) is 1. The molecule has 1 rings (SSSR count). The highest BCUT2D eigenvalue weighted by Crippen LogP contribution is 2.23. The number of carbonyl (C=O) groups excluding carboxylic acids is 1. The maximum Gasteiger partial charge on any atom is 0.328 e. The van der Waals surface area contributed by atoms with Crippen LogP contribution in [0.2, 0.25) is 0 Å². The Kier molecular flexibility index (Phi) is 6.94. The fourth-order valence-corrected chi connectivity index (χ4v) is 2.09. The molecule has 21 heavy (non-hydrogen) atoms. The minimum absolute atomic E-state index is 0.0363. The lowest BCUT2D eigenvalue weighted by molar-refractivity contribution is -0.133. The van der Waals surface area contributed by atoms with Crippen molar-refractivity contribution in [3.63, 3.8) is 0 Å². The molecule has 1 amide bonds. The maximum absolute atomic E-state index is 11.8. The van der Waals surface area contributed by atoms with Gasteiger partial charge in [0.1, 0.15) is 5.75 Å². The quantitative estimate of drug-likeness (QED) is 0.763. The second kappa shape index (κ2) is 8.46. The number of aliphatic carboxylic acids is 1. The van der Waals surface area contributed by atoms with Crippen molar-refractivity contribution in [2.45, 2.75) is 13.8 Å². The molecule has 0 radical (unpaired) electrons. The van der Waals surface area contributed by atoms with E-state index in [-0.39, 0.29) is 12.5 Å². The Morgan fingerprint density at radius 3 is 2.57 bits per heavy atom. The average molecular weight is 356 g/mol. The molecule has 0 heterocycles. The van der Waals surface area contributed by atoms with Gasteiger partial charge in [-0.05, 0) is 43.7 Å². The molecule has 0 saturated carbocycles. The summed E-state index contributed by atoms with van der Waals surface area (Å²) in [6, 6.07) is 5.15. The molecule has 0 bridgehead atoms. The number of amides is 1. The van der Waals surface area contributed by atoms with Crippen molar-refractivity contribution in [2.75, 3.05) is 19.7 Å². The summed E-state index contributed by atoms with van der Waals surface area (Å²) in [5.74, 6) is -0.584. The van der Waals surface area contributed by atoms with Crippen LogP contribution < -0.4 is 4.74 Å². The fourth-order valence-electron chi connectivity index (χ4n) is 1.71. The van der Waals surface area contributed by atoms with Crippen molar-refractivity contribution in [1.29, 1.82) is 0 Å². The van der Waals surface area contributed by atoms with Crippen LogP contribution in [0.25, 0.3) is 6.08 Å². The number of likely N-dealkylation sites (N-methyl/N-ethyl adjacent to an activating group) is 1. The van der Waals surface area contributed by atoms with Gasteiger partial charge in [0.15, 0.2) is 6.61 Å². The van der Waals surface area contributed by atoms with Gasteiger partial charge in [-0.15, -0.1) is 0 Å². The molecule has 0 unspecified atom stereocenters. The highest BCUT2D eigenvalue weighted by Gasteiger charge is 2.10. The van der Waals surface area contributed by atoms with Gasteiger partial charge in [-0.2, -0.15) is 0 Å². The van der Waals surface area contributed by atoms with E-state index in [4.69, 9.17) is 9.84 Å². The summed E-state index contributed by atoms with van der Waals surface area (Å²) in [6.07, 6.45) is 2.51. The van der Waals surface area contributed by atoms with Crippen molar-refractivity contribution in [3.8, 4) is 5.75 Å². The monoisotopic (exact) mass is 355 g/mol. The van der Waals surface area contributed by atoms with Gasteiger partial charge in [0.05, 0.1) is 0 Å². The van der Waals surface area contributed by atoms with E-state index < -0.39 is 5.97 Å². The first-order valence-corrected chi connectivity index (χ1v) is 7.38. The summed E-state index contributed by atoms with van der Waals surface area (Å²) in [6.45, 7) is 5.08. The Labute approximate surface area is 132 Å². The lowest BCUT2D eigenvalue weighted by Crippen LogP contribution is -2.34. The van der Waals surface area contributed by atoms with Crippen LogP contribution in [0.4, 0.5) is 0 Å². The van der Waals surface area contributed by atoms with E-state index in [0.717, 1.165) is 10.5 Å². The van der Waals surface area contributed by atoms with E-state index in [2.05, 4.69) is 15.9 Å². The minimum Gasteiger partial charge on any atom is -0.484 e. The Morgan fingerprint density at radius 2 is 2.00 bits per heavy atom. The Bertz CT molecular complexity index is 538. The molecule has 0 saturated heterocycles. The van der Waals surface area contributed by atoms with Crippen LogP contribution >= 0.6 is 15.9 Å². The Hall–Kier alpha value is -1.82. The van der Waals surface area contributed by atoms with E-state index in [1.54, 1.807) is 23.1 Å². The van der Waals surface area contributed by atoms with Crippen molar-refractivity contribution in [2.24, 2.45) is 0 Å². The molecular weight excluding hydrogens is 338 g/mol. The smallest absolute Gasteiger partial charge is 0.328 e. The molecule has 0 aliphatic heterocycles. The zero-order chi connectivity index (χ0) is 15.8. The predicted octanol–water partition coefficient (Wildman–Crippen LogP) is 2.79. The summed E-state index contributed by atoms with van der Waals surface area (Å²) in [5, 5.41) is 8.64. The number of hydrogen-bond donors (Lipinski definition) is 1. The SMILES string of the molecule is CCN(CC)C(=O)COc1ccc(Br)c(/C=C/C(=O)O)c1. The maximum atomic E-state index is 11.8. The number of ether oxygens (including phenoxy) is 1.